The minimum atomic E-state index is 0.717. The second-order valence-corrected chi connectivity index (χ2v) is 3.99. The van der Waals surface area contributed by atoms with Crippen molar-refractivity contribution >= 4 is 11.5 Å². The number of rotatable bonds is 5. The van der Waals surface area contributed by atoms with Crippen molar-refractivity contribution in [2.24, 2.45) is 5.92 Å². The van der Waals surface area contributed by atoms with Crippen molar-refractivity contribution in [3.8, 4) is 0 Å². The topological polar surface area (TPSA) is 50.9 Å². The smallest absolute Gasteiger partial charge is 0.127 e. The van der Waals surface area contributed by atoms with E-state index in [9.17, 15) is 0 Å². The van der Waals surface area contributed by atoms with Crippen LogP contribution in [0.2, 0.25) is 0 Å². The Morgan fingerprint density at radius 1 is 1.40 bits per heavy atom. The molecule has 0 amide bonds. The largest absolute Gasteiger partial charge is 0.398 e. The van der Waals surface area contributed by atoms with E-state index in [0.717, 1.165) is 23.6 Å². The summed E-state index contributed by atoms with van der Waals surface area (Å²) in [5.74, 6) is 1.60. The van der Waals surface area contributed by atoms with Gasteiger partial charge in [0, 0.05) is 24.5 Å². The van der Waals surface area contributed by atoms with Gasteiger partial charge in [0.1, 0.15) is 5.82 Å². The summed E-state index contributed by atoms with van der Waals surface area (Å²) in [6, 6.07) is 1.90. The Hall–Kier alpha value is -1.25. The van der Waals surface area contributed by atoms with Gasteiger partial charge in [0.15, 0.2) is 0 Å². The third-order valence-corrected chi connectivity index (χ3v) is 2.87. The highest BCUT2D eigenvalue weighted by molar-refractivity contribution is 5.53. The van der Waals surface area contributed by atoms with Gasteiger partial charge in [-0.05, 0) is 18.4 Å². The lowest BCUT2D eigenvalue weighted by molar-refractivity contribution is 0.518. The van der Waals surface area contributed by atoms with Crippen LogP contribution in [0.4, 0.5) is 11.5 Å². The van der Waals surface area contributed by atoms with Gasteiger partial charge in [-0.1, -0.05) is 26.7 Å². The molecule has 0 saturated heterocycles. The number of aromatic nitrogens is 1. The van der Waals surface area contributed by atoms with Crippen LogP contribution in [0.25, 0.3) is 0 Å². The fourth-order valence-corrected chi connectivity index (χ4v) is 1.46. The Labute approximate surface area is 92.1 Å². The molecule has 1 aromatic rings. The van der Waals surface area contributed by atoms with Crippen LogP contribution in [-0.2, 0) is 0 Å². The lowest BCUT2D eigenvalue weighted by atomic mass is 10.0. The molecule has 3 N–H and O–H groups in total. The van der Waals surface area contributed by atoms with Gasteiger partial charge in [0.2, 0.25) is 0 Å². The first-order chi connectivity index (χ1) is 7.17. The average Bonchev–Trinajstić information content (AvgIpc) is 2.24. The normalized spacial score (nSPS) is 10.7. The number of hydrogen-bond acceptors (Lipinski definition) is 3. The predicted octanol–water partition coefficient (Wildman–Crippen LogP) is 2.82. The molecule has 0 atom stereocenters. The predicted molar refractivity (Wildman–Crippen MR) is 65.9 cm³/mol. The molecule has 1 heterocycles. The highest BCUT2D eigenvalue weighted by atomic mass is 15.0. The first kappa shape index (κ1) is 11.8. The Bertz CT molecular complexity index is 306. The zero-order chi connectivity index (χ0) is 11.3. The van der Waals surface area contributed by atoms with E-state index >= 15 is 0 Å². The van der Waals surface area contributed by atoms with Crippen LogP contribution in [0, 0.1) is 12.8 Å². The zero-order valence-electron chi connectivity index (χ0n) is 9.88. The Morgan fingerprint density at radius 3 is 2.60 bits per heavy atom. The second-order valence-electron chi connectivity index (χ2n) is 3.99. The van der Waals surface area contributed by atoms with Crippen molar-refractivity contribution in [2.75, 3.05) is 17.6 Å². The number of anilines is 2. The molecular formula is C12H21N3. The SMILES string of the molecule is CCC(CC)CNc1cc(N)c(C)cn1. The maximum Gasteiger partial charge on any atom is 0.127 e. The summed E-state index contributed by atoms with van der Waals surface area (Å²) in [5.41, 5.74) is 7.65. The average molecular weight is 207 g/mol. The molecule has 0 saturated carbocycles. The first-order valence-corrected chi connectivity index (χ1v) is 5.63. The molecular weight excluding hydrogens is 186 g/mol. The Morgan fingerprint density at radius 2 is 2.07 bits per heavy atom. The van der Waals surface area contributed by atoms with E-state index < -0.39 is 0 Å². The summed E-state index contributed by atoms with van der Waals surface area (Å²) in [5, 5.41) is 3.32. The molecule has 0 unspecified atom stereocenters. The quantitative estimate of drug-likeness (QED) is 0.780. The molecule has 0 aliphatic heterocycles. The van der Waals surface area contributed by atoms with Crippen LogP contribution in [0.5, 0.6) is 0 Å². The van der Waals surface area contributed by atoms with Crippen molar-refractivity contribution in [2.45, 2.75) is 33.6 Å². The van der Waals surface area contributed by atoms with Crippen LogP contribution >= 0.6 is 0 Å². The van der Waals surface area contributed by atoms with Gasteiger partial charge in [-0.3, -0.25) is 0 Å². The lowest BCUT2D eigenvalue weighted by Gasteiger charge is -2.14. The van der Waals surface area contributed by atoms with Gasteiger partial charge in [-0.25, -0.2) is 4.98 Å². The standard InChI is InChI=1S/C12H21N3/c1-4-10(5-2)8-15-12-6-11(13)9(3)7-14-12/h6-7,10H,4-5,8H2,1-3H3,(H3,13,14,15). The van der Waals surface area contributed by atoms with Gasteiger partial charge in [0.05, 0.1) is 0 Å². The molecule has 0 radical (unpaired) electrons. The van der Waals surface area contributed by atoms with Crippen LogP contribution in [0.1, 0.15) is 32.3 Å². The molecule has 84 valence electrons. The van der Waals surface area contributed by atoms with Gasteiger partial charge in [-0.2, -0.15) is 0 Å². The highest BCUT2D eigenvalue weighted by Gasteiger charge is 2.04. The van der Waals surface area contributed by atoms with Crippen molar-refractivity contribution in [1.82, 2.24) is 4.98 Å². The minimum Gasteiger partial charge on any atom is -0.398 e. The molecule has 0 aliphatic rings. The number of nitrogens with zero attached hydrogens (tertiary/aromatic N) is 1. The highest BCUT2D eigenvalue weighted by Crippen LogP contribution is 2.15. The third-order valence-electron chi connectivity index (χ3n) is 2.87. The number of aryl methyl sites for hydroxylation is 1. The lowest BCUT2D eigenvalue weighted by Crippen LogP contribution is -2.13. The summed E-state index contributed by atoms with van der Waals surface area (Å²) in [7, 11) is 0. The number of pyridine rings is 1. The molecule has 3 heteroatoms. The third kappa shape index (κ3) is 3.42. The fraction of sp³-hybridized carbons (Fsp3) is 0.583. The summed E-state index contributed by atoms with van der Waals surface area (Å²) in [6.45, 7) is 7.37. The molecule has 3 nitrogen and oxygen atoms in total. The van der Waals surface area contributed by atoms with Crippen molar-refractivity contribution in [3.05, 3.63) is 17.8 Å². The van der Waals surface area contributed by atoms with Crippen LogP contribution < -0.4 is 11.1 Å². The Balaban J connectivity index is 2.54. The molecule has 0 spiro atoms. The van der Waals surface area contributed by atoms with E-state index in [0.29, 0.717) is 5.92 Å². The summed E-state index contributed by atoms with van der Waals surface area (Å²) < 4.78 is 0. The van der Waals surface area contributed by atoms with Crippen molar-refractivity contribution in [3.63, 3.8) is 0 Å². The minimum absolute atomic E-state index is 0.717. The van der Waals surface area contributed by atoms with Gasteiger partial charge in [-0.15, -0.1) is 0 Å². The summed E-state index contributed by atoms with van der Waals surface area (Å²) in [6.07, 6.45) is 4.21. The van der Waals surface area contributed by atoms with Gasteiger partial charge >= 0.3 is 0 Å². The second kappa shape index (κ2) is 5.59. The molecule has 0 aromatic carbocycles. The monoisotopic (exact) mass is 207 g/mol. The van der Waals surface area contributed by atoms with E-state index in [1.54, 1.807) is 0 Å². The molecule has 1 aromatic heterocycles. The van der Waals surface area contributed by atoms with E-state index in [1.807, 2.05) is 19.2 Å². The number of nitrogens with one attached hydrogen (secondary N) is 1. The first-order valence-electron chi connectivity index (χ1n) is 5.63. The molecule has 0 aliphatic carbocycles. The maximum absolute atomic E-state index is 5.81. The zero-order valence-corrected chi connectivity index (χ0v) is 9.88. The fourth-order valence-electron chi connectivity index (χ4n) is 1.46. The van der Waals surface area contributed by atoms with Crippen LogP contribution in [0.15, 0.2) is 12.3 Å². The van der Waals surface area contributed by atoms with E-state index in [1.165, 1.54) is 12.8 Å². The van der Waals surface area contributed by atoms with Crippen molar-refractivity contribution < 1.29 is 0 Å². The molecule has 1 rings (SSSR count). The molecule has 0 bridgehead atoms. The van der Waals surface area contributed by atoms with Crippen molar-refractivity contribution in [1.29, 1.82) is 0 Å². The number of hydrogen-bond donors (Lipinski definition) is 2. The maximum atomic E-state index is 5.81. The molecule has 0 fully saturated rings. The van der Waals surface area contributed by atoms with Crippen LogP contribution in [0.3, 0.4) is 0 Å². The molecule has 15 heavy (non-hydrogen) atoms. The van der Waals surface area contributed by atoms with E-state index in [2.05, 4.69) is 24.1 Å². The number of nitrogen functional groups attached to an aromatic ring is 1. The van der Waals surface area contributed by atoms with E-state index in [-0.39, 0.29) is 0 Å². The van der Waals surface area contributed by atoms with Gasteiger partial charge < -0.3 is 11.1 Å². The van der Waals surface area contributed by atoms with Crippen LogP contribution in [-0.4, -0.2) is 11.5 Å². The summed E-state index contributed by atoms with van der Waals surface area (Å²) >= 11 is 0. The van der Waals surface area contributed by atoms with Gasteiger partial charge in [0.25, 0.3) is 0 Å². The summed E-state index contributed by atoms with van der Waals surface area (Å²) in [4.78, 5) is 4.29. The Kier molecular flexibility index (Phi) is 4.40. The van der Waals surface area contributed by atoms with E-state index in [4.69, 9.17) is 5.73 Å². The number of nitrogens with two attached hydrogens (primary N) is 1.